The normalized spacial score (nSPS) is 10.6. The van der Waals surface area contributed by atoms with Gasteiger partial charge in [-0.25, -0.2) is 4.98 Å². The Hall–Kier alpha value is -1.84. The number of anilines is 2. The van der Waals surface area contributed by atoms with Crippen LogP contribution in [-0.4, -0.2) is 4.98 Å². The molecule has 0 aliphatic carbocycles. The number of halogens is 1. The first kappa shape index (κ1) is 14.1. The van der Waals surface area contributed by atoms with Gasteiger partial charge < -0.3 is 5.32 Å². The van der Waals surface area contributed by atoms with Crippen molar-refractivity contribution in [1.82, 2.24) is 4.98 Å². The van der Waals surface area contributed by atoms with E-state index in [1.807, 2.05) is 24.3 Å². The Kier molecular flexibility index (Phi) is 3.95. The lowest BCUT2D eigenvalue weighted by atomic mass is 10.0. The number of aryl methyl sites for hydroxylation is 2. The van der Waals surface area contributed by atoms with Crippen LogP contribution < -0.4 is 5.32 Å². The number of aromatic nitrogens is 1. The molecule has 4 heteroatoms. The molecule has 3 aromatic rings. The van der Waals surface area contributed by atoms with E-state index in [1.54, 1.807) is 11.3 Å². The average Bonchev–Trinajstić information content (AvgIpc) is 2.90. The molecular weight excluding hydrogens is 300 g/mol. The highest BCUT2D eigenvalue weighted by Gasteiger charge is 2.08. The van der Waals surface area contributed by atoms with Crippen LogP contribution in [0.25, 0.3) is 11.3 Å². The van der Waals surface area contributed by atoms with E-state index >= 15 is 0 Å². The SMILES string of the molecule is Cc1ccc(-c2csc(Nc3ccccc3Cl)n2)c(C)c1. The lowest BCUT2D eigenvalue weighted by Gasteiger charge is -2.05. The standard InChI is InChI=1S/C17H15ClN2S/c1-11-7-8-13(12(2)9-11)16-10-21-17(20-16)19-15-6-4-3-5-14(15)18/h3-10H,1-2H3,(H,19,20). The molecule has 0 aliphatic heterocycles. The third-order valence-corrected chi connectivity index (χ3v) is 4.36. The minimum absolute atomic E-state index is 0.695. The molecule has 2 nitrogen and oxygen atoms in total. The van der Waals surface area contributed by atoms with Crippen molar-refractivity contribution >= 4 is 33.8 Å². The summed E-state index contributed by atoms with van der Waals surface area (Å²) in [4.78, 5) is 4.66. The zero-order chi connectivity index (χ0) is 14.8. The minimum atomic E-state index is 0.695. The molecule has 0 saturated heterocycles. The molecule has 0 atom stereocenters. The Balaban J connectivity index is 1.88. The molecule has 2 aromatic carbocycles. The van der Waals surface area contributed by atoms with Crippen LogP contribution in [0.15, 0.2) is 47.8 Å². The summed E-state index contributed by atoms with van der Waals surface area (Å²) in [5, 5.41) is 6.88. The van der Waals surface area contributed by atoms with Crippen LogP contribution in [-0.2, 0) is 0 Å². The third-order valence-electron chi connectivity index (χ3n) is 3.28. The number of hydrogen-bond acceptors (Lipinski definition) is 3. The second kappa shape index (κ2) is 5.88. The van der Waals surface area contributed by atoms with Crippen molar-refractivity contribution < 1.29 is 0 Å². The quantitative estimate of drug-likeness (QED) is 0.658. The van der Waals surface area contributed by atoms with E-state index in [0.29, 0.717) is 5.02 Å². The molecule has 3 rings (SSSR count). The van der Waals surface area contributed by atoms with Gasteiger partial charge in [-0.2, -0.15) is 0 Å². The Morgan fingerprint density at radius 3 is 2.67 bits per heavy atom. The molecule has 0 saturated carbocycles. The minimum Gasteiger partial charge on any atom is -0.330 e. The van der Waals surface area contributed by atoms with Gasteiger partial charge in [0.25, 0.3) is 0 Å². The largest absolute Gasteiger partial charge is 0.330 e. The maximum atomic E-state index is 6.15. The molecule has 1 heterocycles. The predicted molar refractivity (Wildman–Crippen MR) is 91.8 cm³/mol. The molecule has 21 heavy (non-hydrogen) atoms. The van der Waals surface area contributed by atoms with Gasteiger partial charge in [-0.1, -0.05) is 47.5 Å². The van der Waals surface area contributed by atoms with Crippen molar-refractivity contribution in [3.05, 3.63) is 64.0 Å². The van der Waals surface area contributed by atoms with E-state index in [9.17, 15) is 0 Å². The summed E-state index contributed by atoms with van der Waals surface area (Å²) < 4.78 is 0. The summed E-state index contributed by atoms with van der Waals surface area (Å²) in [6.07, 6.45) is 0. The van der Waals surface area contributed by atoms with Crippen molar-refractivity contribution in [3.63, 3.8) is 0 Å². The summed E-state index contributed by atoms with van der Waals surface area (Å²) in [6.45, 7) is 4.21. The lowest BCUT2D eigenvalue weighted by Crippen LogP contribution is -1.91. The van der Waals surface area contributed by atoms with Gasteiger partial charge in [0.15, 0.2) is 5.13 Å². The Morgan fingerprint density at radius 2 is 1.90 bits per heavy atom. The fourth-order valence-electron chi connectivity index (χ4n) is 2.23. The summed E-state index contributed by atoms with van der Waals surface area (Å²) in [6, 6.07) is 14.1. The molecule has 0 spiro atoms. The molecule has 0 aliphatic rings. The molecule has 1 aromatic heterocycles. The van der Waals surface area contributed by atoms with Crippen LogP contribution >= 0.6 is 22.9 Å². The van der Waals surface area contributed by atoms with Crippen LogP contribution in [0.4, 0.5) is 10.8 Å². The maximum Gasteiger partial charge on any atom is 0.187 e. The van der Waals surface area contributed by atoms with Crippen LogP contribution in [0, 0.1) is 13.8 Å². The van der Waals surface area contributed by atoms with Gasteiger partial charge in [0.2, 0.25) is 0 Å². The van der Waals surface area contributed by atoms with Crippen LogP contribution in [0.5, 0.6) is 0 Å². The Labute approximate surface area is 133 Å². The number of hydrogen-bond donors (Lipinski definition) is 1. The second-order valence-corrected chi connectivity index (χ2v) is 6.23. The van der Waals surface area contributed by atoms with Gasteiger partial charge in [-0.3, -0.25) is 0 Å². The van der Waals surface area contributed by atoms with Gasteiger partial charge in [-0.05, 0) is 31.5 Å². The van der Waals surface area contributed by atoms with Crippen LogP contribution in [0.1, 0.15) is 11.1 Å². The van der Waals surface area contributed by atoms with Gasteiger partial charge in [0.1, 0.15) is 0 Å². The summed E-state index contributed by atoms with van der Waals surface area (Å²) in [5.41, 5.74) is 5.54. The summed E-state index contributed by atoms with van der Waals surface area (Å²) in [5.74, 6) is 0. The smallest absolute Gasteiger partial charge is 0.187 e. The van der Waals surface area contributed by atoms with E-state index in [-0.39, 0.29) is 0 Å². The zero-order valence-electron chi connectivity index (χ0n) is 11.9. The van der Waals surface area contributed by atoms with Crippen molar-refractivity contribution in [2.75, 3.05) is 5.32 Å². The molecule has 0 amide bonds. The number of para-hydroxylation sites is 1. The van der Waals surface area contributed by atoms with Gasteiger partial charge in [-0.15, -0.1) is 11.3 Å². The first-order valence-electron chi connectivity index (χ1n) is 6.68. The molecule has 0 fully saturated rings. The third kappa shape index (κ3) is 3.09. The van der Waals surface area contributed by atoms with Crippen molar-refractivity contribution in [2.24, 2.45) is 0 Å². The fraction of sp³-hybridized carbons (Fsp3) is 0.118. The molecule has 0 bridgehead atoms. The first-order valence-corrected chi connectivity index (χ1v) is 7.94. The molecular formula is C17H15ClN2S. The Morgan fingerprint density at radius 1 is 1.10 bits per heavy atom. The van der Waals surface area contributed by atoms with Crippen molar-refractivity contribution in [3.8, 4) is 11.3 Å². The average molecular weight is 315 g/mol. The van der Waals surface area contributed by atoms with E-state index in [1.165, 1.54) is 16.7 Å². The van der Waals surface area contributed by atoms with Crippen LogP contribution in [0.3, 0.4) is 0 Å². The van der Waals surface area contributed by atoms with E-state index < -0.39 is 0 Å². The number of nitrogens with one attached hydrogen (secondary N) is 1. The van der Waals surface area contributed by atoms with Crippen molar-refractivity contribution in [1.29, 1.82) is 0 Å². The monoisotopic (exact) mass is 314 g/mol. The Bertz CT molecular complexity index is 780. The van der Waals surface area contributed by atoms with E-state index in [2.05, 4.69) is 47.7 Å². The number of rotatable bonds is 3. The fourth-order valence-corrected chi connectivity index (χ4v) is 3.14. The van der Waals surface area contributed by atoms with Gasteiger partial charge in [0, 0.05) is 10.9 Å². The van der Waals surface area contributed by atoms with Crippen LogP contribution in [0.2, 0.25) is 5.02 Å². The number of benzene rings is 2. The second-order valence-electron chi connectivity index (χ2n) is 4.96. The van der Waals surface area contributed by atoms with Crippen molar-refractivity contribution in [2.45, 2.75) is 13.8 Å². The molecule has 106 valence electrons. The van der Waals surface area contributed by atoms with Gasteiger partial charge >= 0.3 is 0 Å². The van der Waals surface area contributed by atoms with E-state index in [0.717, 1.165) is 16.5 Å². The molecule has 1 N–H and O–H groups in total. The topological polar surface area (TPSA) is 24.9 Å². The maximum absolute atomic E-state index is 6.15. The molecule has 0 radical (unpaired) electrons. The highest BCUT2D eigenvalue weighted by atomic mass is 35.5. The zero-order valence-corrected chi connectivity index (χ0v) is 13.4. The first-order chi connectivity index (χ1) is 10.1. The van der Waals surface area contributed by atoms with Gasteiger partial charge in [0.05, 0.1) is 16.4 Å². The number of thiazole rings is 1. The highest BCUT2D eigenvalue weighted by Crippen LogP contribution is 2.31. The number of nitrogens with zero attached hydrogens (tertiary/aromatic N) is 1. The predicted octanol–water partition coefficient (Wildman–Crippen LogP) is 5.82. The highest BCUT2D eigenvalue weighted by molar-refractivity contribution is 7.14. The van der Waals surface area contributed by atoms with E-state index in [4.69, 9.17) is 11.6 Å². The summed E-state index contributed by atoms with van der Waals surface area (Å²) >= 11 is 7.73. The lowest BCUT2D eigenvalue weighted by molar-refractivity contribution is 1.33. The molecule has 0 unspecified atom stereocenters. The summed E-state index contributed by atoms with van der Waals surface area (Å²) in [7, 11) is 0.